The zero-order valence-corrected chi connectivity index (χ0v) is 13.5. The Morgan fingerprint density at radius 3 is 2.67 bits per heavy atom. The number of anilines is 2. The summed E-state index contributed by atoms with van der Waals surface area (Å²) in [5, 5.41) is 10.1. The van der Waals surface area contributed by atoms with E-state index in [1.54, 1.807) is 13.0 Å². The van der Waals surface area contributed by atoms with Crippen LogP contribution in [0.4, 0.5) is 16.0 Å². The number of nitrogens with zero attached hydrogens (tertiary/aromatic N) is 5. The molecule has 2 N–H and O–H groups in total. The third kappa shape index (κ3) is 3.74. The standard InChI is InChI=1S/C14H13ClFN7O/c1-7-3-11(23-22-7)20-13-10(15)6-19-14(21-13)24-8(2)12-17-4-9(16)5-18-12/h3-6,8H,1-2H3,(H2,19,20,21,22,23)/t8-/m0/s1. The van der Waals surface area contributed by atoms with Gasteiger partial charge in [0.25, 0.3) is 0 Å². The molecule has 3 rings (SSSR count). The molecule has 0 aliphatic heterocycles. The predicted octanol–water partition coefficient (Wildman–Crippen LogP) is 2.97. The highest BCUT2D eigenvalue weighted by molar-refractivity contribution is 6.32. The minimum absolute atomic E-state index is 0.0783. The molecule has 0 saturated carbocycles. The van der Waals surface area contributed by atoms with Crippen LogP contribution in [0.15, 0.2) is 24.7 Å². The molecule has 0 radical (unpaired) electrons. The lowest BCUT2D eigenvalue weighted by Crippen LogP contribution is -2.10. The van der Waals surface area contributed by atoms with E-state index in [0.29, 0.717) is 22.5 Å². The number of halogens is 2. The van der Waals surface area contributed by atoms with Crippen LogP contribution in [0, 0.1) is 12.7 Å². The molecule has 0 unspecified atom stereocenters. The van der Waals surface area contributed by atoms with Gasteiger partial charge in [0.2, 0.25) is 0 Å². The lowest BCUT2D eigenvalue weighted by molar-refractivity contribution is 0.197. The first-order chi connectivity index (χ1) is 11.5. The number of hydrogen-bond acceptors (Lipinski definition) is 7. The highest BCUT2D eigenvalue weighted by Gasteiger charge is 2.14. The van der Waals surface area contributed by atoms with Crippen molar-refractivity contribution < 1.29 is 9.13 Å². The average molecular weight is 350 g/mol. The molecule has 0 aromatic carbocycles. The normalized spacial score (nSPS) is 12.0. The summed E-state index contributed by atoms with van der Waals surface area (Å²) >= 11 is 6.08. The fourth-order valence-electron chi connectivity index (χ4n) is 1.84. The molecule has 0 bridgehead atoms. The van der Waals surface area contributed by atoms with Crippen LogP contribution in [-0.4, -0.2) is 30.1 Å². The van der Waals surface area contributed by atoms with Gasteiger partial charge in [-0.3, -0.25) is 5.10 Å². The highest BCUT2D eigenvalue weighted by Crippen LogP contribution is 2.25. The van der Waals surface area contributed by atoms with Gasteiger partial charge in [-0.1, -0.05) is 11.6 Å². The molecule has 8 nitrogen and oxygen atoms in total. The summed E-state index contributed by atoms with van der Waals surface area (Å²) in [6.45, 7) is 3.58. The van der Waals surface area contributed by atoms with E-state index in [1.807, 2.05) is 6.92 Å². The fraction of sp³-hybridized carbons (Fsp3) is 0.214. The Morgan fingerprint density at radius 1 is 1.25 bits per heavy atom. The van der Waals surface area contributed by atoms with Gasteiger partial charge < -0.3 is 10.1 Å². The third-order valence-corrected chi connectivity index (χ3v) is 3.24. The van der Waals surface area contributed by atoms with Crippen LogP contribution in [0.2, 0.25) is 5.02 Å². The number of ether oxygens (including phenoxy) is 1. The third-order valence-electron chi connectivity index (χ3n) is 2.96. The molecule has 3 aromatic heterocycles. The van der Waals surface area contributed by atoms with Crippen molar-refractivity contribution in [3.63, 3.8) is 0 Å². The Balaban J connectivity index is 1.76. The minimum Gasteiger partial charge on any atom is -0.452 e. The van der Waals surface area contributed by atoms with Crippen LogP contribution in [0.25, 0.3) is 0 Å². The van der Waals surface area contributed by atoms with Gasteiger partial charge in [-0.2, -0.15) is 10.1 Å². The number of rotatable bonds is 5. The summed E-state index contributed by atoms with van der Waals surface area (Å²) < 4.78 is 18.4. The maximum Gasteiger partial charge on any atom is 0.319 e. The van der Waals surface area contributed by atoms with Crippen LogP contribution >= 0.6 is 11.6 Å². The zero-order valence-electron chi connectivity index (χ0n) is 12.8. The van der Waals surface area contributed by atoms with Crippen LogP contribution in [-0.2, 0) is 0 Å². The van der Waals surface area contributed by atoms with Gasteiger partial charge in [-0.25, -0.2) is 19.3 Å². The van der Waals surface area contributed by atoms with E-state index < -0.39 is 11.9 Å². The van der Waals surface area contributed by atoms with Gasteiger partial charge in [0.15, 0.2) is 29.4 Å². The second-order valence-electron chi connectivity index (χ2n) is 4.93. The maximum absolute atomic E-state index is 12.9. The Labute approximate surface area is 141 Å². The second kappa shape index (κ2) is 6.75. The smallest absolute Gasteiger partial charge is 0.319 e. The van der Waals surface area contributed by atoms with Crippen molar-refractivity contribution in [2.45, 2.75) is 20.0 Å². The van der Waals surface area contributed by atoms with Crippen molar-refractivity contribution in [3.05, 3.63) is 47.0 Å². The van der Waals surface area contributed by atoms with Gasteiger partial charge in [0.05, 0.1) is 18.6 Å². The monoisotopic (exact) mass is 349 g/mol. The largest absolute Gasteiger partial charge is 0.452 e. The average Bonchev–Trinajstić information content (AvgIpc) is 2.96. The molecule has 3 aromatic rings. The van der Waals surface area contributed by atoms with Gasteiger partial charge >= 0.3 is 6.01 Å². The first kappa shape index (κ1) is 16.1. The molecule has 0 aliphatic carbocycles. The summed E-state index contributed by atoms with van der Waals surface area (Å²) in [6.07, 6.45) is 2.98. The Morgan fingerprint density at radius 2 is 2.00 bits per heavy atom. The maximum atomic E-state index is 12.9. The van der Waals surface area contributed by atoms with Crippen LogP contribution < -0.4 is 10.1 Å². The first-order valence-corrected chi connectivity index (χ1v) is 7.35. The number of nitrogens with one attached hydrogen (secondary N) is 2. The lowest BCUT2D eigenvalue weighted by atomic mass is 10.4. The molecule has 124 valence electrons. The molecule has 0 amide bonds. The molecular formula is C14H13ClFN7O. The quantitative estimate of drug-likeness (QED) is 0.730. The summed E-state index contributed by atoms with van der Waals surface area (Å²) in [4.78, 5) is 15.9. The van der Waals surface area contributed by atoms with Crippen molar-refractivity contribution in [1.82, 2.24) is 30.1 Å². The molecule has 24 heavy (non-hydrogen) atoms. The minimum atomic E-state index is -0.563. The Bertz CT molecular complexity index is 839. The van der Waals surface area contributed by atoms with Crippen molar-refractivity contribution in [2.24, 2.45) is 0 Å². The number of aromatic amines is 1. The van der Waals surface area contributed by atoms with Crippen LogP contribution in [0.3, 0.4) is 0 Å². The number of aryl methyl sites for hydroxylation is 1. The van der Waals surface area contributed by atoms with E-state index in [1.165, 1.54) is 6.20 Å². The summed E-state index contributed by atoms with van der Waals surface area (Å²) in [7, 11) is 0. The van der Waals surface area contributed by atoms with Gasteiger partial charge in [0, 0.05) is 11.8 Å². The Hall–Kier alpha value is -2.81. The van der Waals surface area contributed by atoms with E-state index in [-0.39, 0.29) is 6.01 Å². The number of H-pyrrole nitrogens is 1. The van der Waals surface area contributed by atoms with E-state index in [0.717, 1.165) is 18.1 Å². The summed E-state index contributed by atoms with van der Waals surface area (Å²) in [5.74, 6) is 0.705. The van der Waals surface area contributed by atoms with E-state index in [2.05, 4.69) is 35.5 Å². The zero-order chi connectivity index (χ0) is 17.1. The highest BCUT2D eigenvalue weighted by atomic mass is 35.5. The van der Waals surface area contributed by atoms with E-state index in [9.17, 15) is 4.39 Å². The molecule has 3 heterocycles. The second-order valence-corrected chi connectivity index (χ2v) is 5.34. The number of hydrogen-bond donors (Lipinski definition) is 2. The van der Waals surface area contributed by atoms with Crippen LogP contribution in [0.5, 0.6) is 6.01 Å². The van der Waals surface area contributed by atoms with Crippen molar-refractivity contribution in [1.29, 1.82) is 0 Å². The summed E-state index contributed by atoms with van der Waals surface area (Å²) in [5.41, 5.74) is 0.890. The van der Waals surface area contributed by atoms with Crippen molar-refractivity contribution in [3.8, 4) is 6.01 Å². The molecule has 1 atom stereocenters. The first-order valence-electron chi connectivity index (χ1n) is 6.97. The molecule has 10 heteroatoms. The van der Waals surface area contributed by atoms with Crippen molar-refractivity contribution in [2.75, 3.05) is 5.32 Å². The SMILES string of the molecule is Cc1cc(Nc2nc(O[C@@H](C)c3ncc(F)cn3)ncc2Cl)n[nH]1. The topological polar surface area (TPSA) is 102 Å². The Kier molecular flexibility index (Phi) is 4.52. The predicted molar refractivity (Wildman–Crippen MR) is 84.7 cm³/mol. The molecule has 0 aliphatic rings. The van der Waals surface area contributed by atoms with E-state index in [4.69, 9.17) is 16.3 Å². The molecule has 0 saturated heterocycles. The van der Waals surface area contributed by atoms with Gasteiger partial charge in [-0.15, -0.1) is 0 Å². The van der Waals surface area contributed by atoms with Gasteiger partial charge in [0.1, 0.15) is 5.02 Å². The van der Waals surface area contributed by atoms with E-state index >= 15 is 0 Å². The molecule has 0 spiro atoms. The fourth-order valence-corrected chi connectivity index (χ4v) is 1.98. The summed E-state index contributed by atoms with van der Waals surface area (Å²) in [6, 6.07) is 1.88. The molecule has 0 fully saturated rings. The lowest BCUT2D eigenvalue weighted by Gasteiger charge is -2.12. The van der Waals surface area contributed by atoms with Crippen LogP contribution in [0.1, 0.15) is 24.5 Å². The number of aromatic nitrogens is 6. The van der Waals surface area contributed by atoms with Gasteiger partial charge in [-0.05, 0) is 13.8 Å². The molecular weight excluding hydrogens is 337 g/mol. The van der Waals surface area contributed by atoms with Crippen molar-refractivity contribution >= 4 is 23.2 Å².